The lowest BCUT2D eigenvalue weighted by molar-refractivity contribution is -0.154. The van der Waals surface area contributed by atoms with Gasteiger partial charge in [0.2, 0.25) is 0 Å². The minimum Gasteiger partial charge on any atom is -0.397 e. The summed E-state index contributed by atoms with van der Waals surface area (Å²) in [5.41, 5.74) is 8.48. The molecule has 1 aliphatic carbocycles. The van der Waals surface area contributed by atoms with Crippen LogP contribution in [0.3, 0.4) is 0 Å². The highest BCUT2D eigenvalue weighted by molar-refractivity contribution is 7.13. The van der Waals surface area contributed by atoms with Crippen LogP contribution in [0, 0.1) is 0 Å². The number of amides is 2. The Hall–Kier alpha value is -3.36. The number of hydrogen-bond donors (Lipinski definition) is 4. The van der Waals surface area contributed by atoms with Gasteiger partial charge in [0.1, 0.15) is 5.60 Å². The molecule has 3 aromatic rings. The van der Waals surface area contributed by atoms with E-state index in [0.29, 0.717) is 49.4 Å². The summed E-state index contributed by atoms with van der Waals surface area (Å²) in [6, 6.07) is 17.0. The lowest BCUT2D eigenvalue weighted by Crippen LogP contribution is -2.50. The van der Waals surface area contributed by atoms with E-state index in [4.69, 9.17) is 5.73 Å². The first-order chi connectivity index (χ1) is 18.4. The summed E-state index contributed by atoms with van der Waals surface area (Å²) in [7, 11) is 0. The van der Waals surface area contributed by atoms with E-state index in [1.807, 2.05) is 52.7 Å². The van der Waals surface area contributed by atoms with Gasteiger partial charge in [0.25, 0.3) is 11.8 Å². The fourth-order valence-electron chi connectivity index (χ4n) is 4.93. The maximum absolute atomic E-state index is 13.0. The lowest BCUT2D eigenvalue weighted by Gasteiger charge is -2.36. The summed E-state index contributed by atoms with van der Waals surface area (Å²) in [6.45, 7) is 4.00. The number of aliphatic hydroxyl groups is 1. The van der Waals surface area contributed by atoms with Crippen molar-refractivity contribution in [1.82, 2.24) is 4.90 Å². The number of anilines is 3. The molecule has 1 saturated carbocycles. The van der Waals surface area contributed by atoms with Crippen LogP contribution < -0.4 is 16.4 Å². The zero-order valence-corrected chi connectivity index (χ0v) is 22.9. The second kappa shape index (κ2) is 12.9. The number of nitrogens with zero attached hydrogens (tertiary/aromatic N) is 1. The predicted octanol–water partition coefficient (Wildman–Crippen LogP) is 5.99. The zero-order chi connectivity index (χ0) is 27.0. The molecule has 0 unspecified atom stereocenters. The van der Waals surface area contributed by atoms with E-state index in [-0.39, 0.29) is 11.8 Å². The average molecular weight is 535 g/mol. The SMILES string of the molecule is CCCN(CCCNc1ccc(C(=O)Nc2cc(-c3cccs3)ccc2N)cc1)C(=O)C1(O)CCCCC1. The van der Waals surface area contributed by atoms with Gasteiger partial charge in [0, 0.05) is 35.8 Å². The maximum Gasteiger partial charge on any atom is 0.255 e. The van der Waals surface area contributed by atoms with Crippen molar-refractivity contribution in [2.75, 3.05) is 36.0 Å². The van der Waals surface area contributed by atoms with E-state index in [0.717, 1.165) is 48.2 Å². The molecule has 1 fully saturated rings. The lowest BCUT2D eigenvalue weighted by atomic mass is 9.83. The molecule has 0 atom stereocenters. The number of carbonyl (C=O) groups is 2. The summed E-state index contributed by atoms with van der Waals surface area (Å²) in [4.78, 5) is 28.8. The maximum atomic E-state index is 13.0. The number of thiophene rings is 1. The van der Waals surface area contributed by atoms with E-state index in [1.165, 1.54) is 0 Å². The number of nitrogens with two attached hydrogens (primary N) is 1. The van der Waals surface area contributed by atoms with Gasteiger partial charge in [-0.15, -0.1) is 11.3 Å². The van der Waals surface area contributed by atoms with Gasteiger partial charge in [0.05, 0.1) is 11.4 Å². The highest BCUT2D eigenvalue weighted by Crippen LogP contribution is 2.31. The molecule has 0 saturated heterocycles. The summed E-state index contributed by atoms with van der Waals surface area (Å²) in [5.74, 6) is -0.336. The fourth-order valence-corrected chi connectivity index (χ4v) is 5.65. The van der Waals surface area contributed by atoms with Crippen molar-refractivity contribution in [1.29, 1.82) is 0 Å². The van der Waals surface area contributed by atoms with Crippen molar-refractivity contribution < 1.29 is 14.7 Å². The highest BCUT2D eigenvalue weighted by atomic mass is 32.1. The van der Waals surface area contributed by atoms with Gasteiger partial charge in [0.15, 0.2) is 0 Å². The largest absolute Gasteiger partial charge is 0.397 e. The minimum absolute atomic E-state index is 0.115. The molecule has 2 amide bonds. The standard InChI is InChI=1S/C30H38N4O3S/c1-2-18-34(29(36)30(37)15-4-3-5-16-30)19-7-17-32-24-12-9-22(10-13-24)28(35)33-26-21-23(11-14-25(26)31)27-8-6-20-38-27/h6,8-14,20-21,32,37H,2-5,7,15-19,31H2,1H3,(H,33,35). The van der Waals surface area contributed by atoms with Gasteiger partial charge in [-0.1, -0.05) is 38.3 Å². The molecule has 0 spiro atoms. The molecule has 2 aromatic carbocycles. The van der Waals surface area contributed by atoms with Crippen LogP contribution in [0.15, 0.2) is 60.0 Å². The Morgan fingerprint density at radius 2 is 1.82 bits per heavy atom. The topological polar surface area (TPSA) is 108 Å². The molecule has 5 N–H and O–H groups in total. The Labute approximate surface area is 229 Å². The third-order valence-electron chi connectivity index (χ3n) is 7.05. The quantitative estimate of drug-likeness (QED) is 0.179. The Morgan fingerprint density at radius 1 is 1.05 bits per heavy atom. The van der Waals surface area contributed by atoms with Crippen LogP contribution in [0.25, 0.3) is 10.4 Å². The number of carbonyl (C=O) groups excluding carboxylic acids is 2. The van der Waals surface area contributed by atoms with Crippen LogP contribution >= 0.6 is 11.3 Å². The van der Waals surface area contributed by atoms with Crippen LogP contribution in [0.1, 0.15) is 62.2 Å². The van der Waals surface area contributed by atoms with Crippen molar-refractivity contribution >= 4 is 40.2 Å². The molecule has 0 aliphatic heterocycles. The number of nitrogen functional groups attached to an aromatic ring is 1. The summed E-state index contributed by atoms with van der Waals surface area (Å²) >= 11 is 1.64. The second-order valence-corrected chi connectivity index (χ2v) is 10.9. The fraction of sp³-hybridized carbons (Fsp3) is 0.400. The molecule has 7 nitrogen and oxygen atoms in total. The van der Waals surface area contributed by atoms with Crippen LogP contribution in [0.5, 0.6) is 0 Å². The van der Waals surface area contributed by atoms with E-state index < -0.39 is 5.60 Å². The Balaban J connectivity index is 1.28. The van der Waals surface area contributed by atoms with E-state index in [2.05, 4.69) is 17.6 Å². The Kier molecular flexibility index (Phi) is 9.42. The van der Waals surface area contributed by atoms with Crippen molar-refractivity contribution in [2.24, 2.45) is 0 Å². The smallest absolute Gasteiger partial charge is 0.255 e. The zero-order valence-electron chi connectivity index (χ0n) is 22.0. The van der Waals surface area contributed by atoms with E-state index in [1.54, 1.807) is 23.5 Å². The van der Waals surface area contributed by atoms with Gasteiger partial charge in [-0.25, -0.2) is 0 Å². The van der Waals surface area contributed by atoms with Crippen LogP contribution in [0.4, 0.5) is 17.1 Å². The van der Waals surface area contributed by atoms with Gasteiger partial charge >= 0.3 is 0 Å². The van der Waals surface area contributed by atoms with Gasteiger partial charge in [-0.3, -0.25) is 9.59 Å². The van der Waals surface area contributed by atoms with Crippen molar-refractivity contribution in [2.45, 2.75) is 57.5 Å². The number of nitrogens with one attached hydrogen (secondary N) is 2. The first kappa shape index (κ1) is 27.7. The molecule has 1 heterocycles. The molecule has 202 valence electrons. The molecule has 0 bridgehead atoms. The molecule has 8 heteroatoms. The Bertz CT molecular complexity index is 1200. The molecule has 38 heavy (non-hydrogen) atoms. The van der Waals surface area contributed by atoms with Crippen molar-refractivity contribution in [3.8, 4) is 10.4 Å². The van der Waals surface area contributed by atoms with Gasteiger partial charge < -0.3 is 26.4 Å². The number of hydrogen-bond acceptors (Lipinski definition) is 6. The van der Waals surface area contributed by atoms with E-state index >= 15 is 0 Å². The first-order valence-corrected chi connectivity index (χ1v) is 14.4. The monoisotopic (exact) mass is 534 g/mol. The van der Waals surface area contributed by atoms with E-state index in [9.17, 15) is 14.7 Å². The number of rotatable bonds is 11. The number of benzene rings is 2. The molecular formula is C30H38N4O3S. The highest BCUT2D eigenvalue weighted by Gasteiger charge is 2.39. The van der Waals surface area contributed by atoms with Crippen LogP contribution in [-0.4, -0.2) is 47.1 Å². The second-order valence-electron chi connectivity index (χ2n) is 9.98. The molecule has 4 rings (SSSR count). The molecule has 1 aromatic heterocycles. The minimum atomic E-state index is -1.19. The van der Waals surface area contributed by atoms with Gasteiger partial charge in [-0.05, 0) is 79.1 Å². The first-order valence-electron chi connectivity index (χ1n) is 13.5. The van der Waals surface area contributed by atoms with Crippen molar-refractivity contribution in [3.63, 3.8) is 0 Å². The van der Waals surface area contributed by atoms with Gasteiger partial charge in [-0.2, -0.15) is 0 Å². The third kappa shape index (κ3) is 6.94. The Morgan fingerprint density at radius 3 is 2.50 bits per heavy atom. The average Bonchev–Trinajstić information content (AvgIpc) is 3.47. The van der Waals surface area contributed by atoms with Crippen LogP contribution in [-0.2, 0) is 4.79 Å². The predicted molar refractivity (Wildman–Crippen MR) is 157 cm³/mol. The third-order valence-corrected chi connectivity index (χ3v) is 7.97. The van der Waals surface area contributed by atoms with Crippen molar-refractivity contribution in [3.05, 3.63) is 65.5 Å². The molecule has 0 radical (unpaired) electrons. The molecule has 1 aliphatic rings. The summed E-state index contributed by atoms with van der Waals surface area (Å²) in [6.07, 6.45) is 5.67. The summed E-state index contributed by atoms with van der Waals surface area (Å²) < 4.78 is 0. The molecular weight excluding hydrogens is 496 g/mol. The normalized spacial score (nSPS) is 14.6. The van der Waals surface area contributed by atoms with Crippen LogP contribution in [0.2, 0.25) is 0 Å². The summed E-state index contributed by atoms with van der Waals surface area (Å²) in [5, 5.41) is 19.2.